The van der Waals surface area contributed by atoms with Crippen LogP contribution in [0.25, 0.3) is 0 Å². The number of amides is 1. The second-order valence-electron chi connectivity index (χ2n) is 5.05. The molecule has 0 aliphatic carbocycles. The SMILES string of the molecule is CCOC(=O)CNC(=O)C(CCc1ccccc1)CSC(C)=O. The molecule has 0 heterocycles. The Hall–Kier alpha value is -1.82. The number of ether oxygens (including phenoxy) is 1. The van der Waals surface area contributed by atoms with Crippen molar-refractivity contribution in [3.63, 3.8) is 0 Å². The van der Waals surface area contributed by atoms with Gasteiger partial charge in [-0.05, 0) is 25.3 Å². The van der Waals surface area contributed by atoms with Gasteiger partial charge in [0.25, 0.3) is 0 Å². The van der Waals surface area contributed by atoms with E-state index in [0.29, 0.717) is 12.2 Å². The molecule has 0 aromatic heterocycles. The van der Waals surface area contributed by atoms with E-state index in [-0.39, 0.29) is 30.1 Å². The molecule has 0 aliphatic rings. The zero-order valence-corrected chi connectivity index (χ0v) is 14.4. The van der Waals surface area contributed by atoms with Gasteiger partial charge >= 0.3 is 5.97 Å². The highest BCUT2D eigenvalue weighted by Gasteiger charge is 2.20. The molecular formula is C17H23NO4S. The Balaban J connectivity index is 2.54. The average molecular weight is 337 g/mol. The van der Waals surface area contributed by atoms with E-state index in [2.05, 4.69) is 5.32 Å². The summed E-state index contributed by atoms with van der Waals surface area (Å²) in [5.74, 6) is -0.584. The van der Waals surface area contributed by atoms with Crippen molar-refractivity contribution < 1.29 is 19.1 Å². The van der Waals surface area contributed by atoms with Crippen LogP contribution < -0.4 is 5.32 Å². The summed E-state index contributed by atoms with van der Waals surface area (Å²) in [6.45, 7) is 3.34. The van der Waals surface area contributed by atoms with Crippen molar-refractivity contribution in [2.75, 3.05) is 18.9 Å². The smallest absolute Gasteiger partial charge is 0.325 e. The third kappa shape index (κ3) is 8.40. The second kappa shape index (κ2) is 10.8. The van der Waals surface area contributed by atoms with Gasteiger partial charge in [0, 0.05) is 18.6 Å². The van der Waals surface area contributed by atoms with Gasteiger partial charge in [0.2, 0.25) is 5.91 Å². The number of thioether (sulfide) groups is 1. The second-order valence-corrected chi connectivity index (χ2v) is 6.24. The van der Waals surface area contributed by atoms with E-state index < -0.39 is 5.97 Å². The zero-order valence-electron chi connectivity index (χ0n) is 13.5. The Kier molecular flexibility index (Phi) is 9.05. The lowest BCUT2D eigenvalue weighted by Crippen LogP contribution is -2.36. The molecule has 126 valence electrons. The summed E-state index contributed by atoms with van der Waals surface area (Å²) in [7, 11) is 0. The predicted molar refractivity (Wildman–Crippen MR) is 91.0 cm³/mol. The molecule has 0 fully saturated rings. The van der Waals surface area contributed by atoms with Crippen LogP contribution in [0, 0.1) is 5.92 Å². The molecule has 0 bridgehead atoms. The number of nitrogens with one attached hydrogen (secondary N) is 1. The fraction of sp³-hybridized carbons (Fsp3) is 0.471. The lowest BCUT2D eigenvalue weighted by Gasteiger charge is -2.15. The standard InChI is InChI=1S/C17H23NO4S/c1-3-22-16(20)11-18-17(21)15(12-23-13(2)19)10-9-14-7-5-4-6-8-14/h4-8,15H,3,9-12H2,1-2H3,(H,18,21). The Morgan fingerprint density at radius 3 is 2.52 bits per heavy atom. The lowest BCUT2D eigenvalue weighted by molar-refractivity contribution is -0.143. The van der Waals surface area contributed by atoms with Crippen molar-refractivity contribution in [3.8, 4) is 0 Å². The molecule has 0 radical (unpaired) electrons. The van der Waals surface area contributed by atoms with Crippen LogP contribution in [-0.2, 0) is 25.5 Å². The van der Waals surface area contributed by atoms with E-state index in [1.807, 2.05) is 30.3 Å². The number of carbonyl (C=O) groups excluding carboxylic acids is 3. The highest BCUT2D eigenvalue weighted by molar-refractivity contribution is 8.13. The molecule has 6 heteroatoms. The molecule has 1 N–H and O–H groups in total. The van der Waals surface area contributed by atoms with Crippen molar-refractivity contribution in [1.82, 2.24) is 5.32 Å². The van der Waals surface area contributed by atoms with Crippen LogP contribution in [0.1, 0.15) is 25.8 Å². The summed E-state index contributed by atoms with van der Waals surface area (Å²) in [5, 5.41) is 2.57. The van der Waals surface area contributed by atoms with Gasteiger partial charge in [-0.2, -0.15) is 0 Å². The number of hydrogen-bond acceptors (Lipinski definition) is 5. The molecule has 23 heavy (non-hydrogen) atoms. The number of hydrogen-bond donors (Lipinski definition) is 1. The van der Waals surface area contributed by atoms with Crippen LogP contribution in [0.5, 0.6) is 0 Å². The van der Waals surface area contributed by atoms with Crippen molar-refractivity contribution in [1.29, 1.82) is 0 Å². The van der Waals surface area contributed by atoms with E-state index in [9.17, 15) is 14.4 Å². The summed E-state index contributed by atoms with van der Waals surface area (Å²) in [6.07, 6.45) is 1.37. The number of carbonyl (C=O) groups is 3. The van der Waals surface area contributed by atoms with Gasteiger partial charge < -0.3 is 10.1 Å². The molecule has 1 amide bonds. The van der Waals surface area contributed by atoms with Crippen LogP contribution in [0.2, 0.25) is 0 Å². The maximum atomic E-state index is 12.2. The molecule has 0 saturated carbocycles. The Morgan fingerprint density at radius 1 is 1.22 bits per heavy atom. The number of aryl methyl sites for hydroxylation is 1. The largest absolute Gasteiger partial charge is 0.465 e. The number of rotatable bonds is 9. The third-order valence-corrected chi connectivity index (χ3v) is 4.17. The van der Waals surface area contributed by atoms with E-state index >= 15 is 0 Å². The van der Waals surface area contributed by atoms with Gasteiger partial charge in [0.05, 0.1) is 6.61 Å². The van der Waals surface area contributed by atoms with Gasteiger partial charge in [0.1, 0.15) is 6.54 Å². The average Bonchev–Trinajstić information content (AvgIpc) is 2.53. The van der Waals surface area contributed by atoms with Crippen LogP contribution in [0.15, 0.2) is 30.3 Å². The monoisotopic (exact) mass is 337 g/mol. The third-order valence-electron chi connectivity index (χ3n) is 3.20. The summed E-state index contributed by atoms with van der Waals surface area (Å²) < 4.78 is 4.79. The van der Waals surface area contributed by atoms with Gasteiger partial charge in [-0.1, -0.05) is 42.1 Å². The zero-order chi connectivity index (χ0) is 17.1. The van der Waals surface area contributed by atoms with E-state index in [1.54, 1.807) is 6.92 Å². The van der Waals surface area contributed by atoms with Crippen molar-refractivity contribution in [3.05, 3.63) is 35.9 Å². The molecular weight excluding hydrogens is 314 g/mol. The number of benzene rings is 1. The van der Waals surface area contributed by atoms with Gasteiger partial charge in [-0.15, -0.1) is 0 Å². The molecule has 1 unspecified atom stereocenters. The van der Waals surface area contributed by atoms with E-state index in [4.69, 9.17) is 4.74 Å². The molecule has 1 aromatic rings. The molecule has 1 atom stereocenters. The quantitative estimate of drug-likeness (QED) is 0.699. The first-order valence-corrected chi connectivity index (χ1v) is 8.62. The maximum Gasteiger partial charge on any atom is 0.325 e. The summed E-state index contributed by atoms with van der Waals surface area (Å²) in [5.41, 5.74) is 1.14. The lowest BCUT2D eigenvalue weighted by atomic mass is 10.0. The van der Waals surface area contributed by atoms with E-state index in [0.717, 1.165) is 23.7 Å². The fourth-order valence-electron chi connectivity index (χ4n) is 2.01. The van der Waals surface area contributed by atoms with Gasteiger partial charge in [-0.25, -0.2) is 0 Å². The minimum Gasteiger partial charge on any atom is -0.465 e. The molecule has 5 nitrogen and oxygen atoms in total. The normalized spacial score (nSPS) is 11.6. The first kappa shape index (κ1) is 19.2. The van der Waals surface area contributed by atoms with Gasteiger partial charge in [-0.3, -0.25) is 14.4 Å². The minimum absolute atomic E-state index is 0.0205. The van der Waals surface area contributed by atoms with Crippen LogP contribution in [0.4, 0.5) is 0 Å². The van der Waals surface area contributed by atoms with Crippen LogP contribution >= 0.6 is 11.8 Å². The first-order valence-electron chi connectivity index (χ1n) is 7.63. The van der Waals surface area contributed by atoms with Crippen LogP contribution in [0.3, 0.4) is 0 Å². The summed E-state index contributed by atoms with van der Waals surface area (Å²) in [4.78, 5) is 34.7. The molecule has 0 spiro atoms. The highest BCUT2D eigenvalue weighted by atomic mass is 32.2. The molecule has 1 aromatic carbocycles. The maximum absolute atomic E-state index is 12.2. The number of esters is 1. The van der Waals surface area contributed by atoms with E-state index in [1.165, 1.54) is 6.92 Å². The highest BCUT2D eigenvalue weighted by Crippen LogP contribution is 2.16. The van der Waals surface area contributed by atoms with Crippen molar-refractivity contribution >= 4 is 28.8 Å². The predicted octanol–water partition coefficient (Wildman–Crippen LogP) is 2.19. The molecule has 0 saturated heterocycles. The van der Waals surface area contributed by atoms with Crippen LogP contribution in [-0.4, -0.2) is 35.9 Å². The fourth-order valence-corrected chi connectivity index (χ4v) is 2.76. The summed E-state index contributed by atoms with van der Waals surface area (Å²) in [6, 6.07) is 9.86. The molecule has 0 aliphatic heterocycles. The molecule has 1 rings (SSSR count). The van der Waals surface area contributed by atoms with Gasteiger partial charge in [0.15, 0.2) is 5.12 Å². The Bertz CT molecular complexity index is 519. The first-order chi connectivity index (χ1) is 11.0. The summed E-state index contributed by atoms with van der Waals surface area (Å²) >= 11 is 1.13. The van der Waals surface area contributed by atoms with Crippen molar-refractivity contribution in [2.24, 2.45) is 5.92 Å². The Labute approximate surface area is 141 Å². The van der Waals surface area contributed by atoms with Crippen molar-refractivity contribution in [2.45, 2.75) is 26.7 Å². The topological polar surface area (TPSA) is 72.5 Å². The Morgan fingerprint density at radius 2 is 1.91 bits per heavy atom. The minimum atomic E-state index is -0.457.